The van der Waals surface area contributed by atoms with Gasteiger partial charge in [-0.25, -0.2) is 9.97 Å². The summed E-state index contributed by atoms with van der Waals surface area (Å²) in [6, 6.07) is 5.49. The highest BCUT2D eigenvalue weighted by Crippen LogP contribution is 2.38. The number of nitrogens with zero attached hydrogens (tertiary/aromatic N) is 2. The molecule has 150 valence electrons. The van der Waals surface area contributed by atoms with E-state index in [1.807, 2.05) is 13.0 Å². The number of hydrogen-bond donors (Lipinski definition) is 1. The minimum Gasteiger partial charge on any atom is -0.481 e. The Hall–Kier alpha value is -2.50. The van der Waals surface area contributed by atoms with Gasteiger partial charge in [0.15, 0.2) is 0 Å². The van der Waals surface area contributed by atoms with Crippen LogP contribution in [0.25, 0.3) is 0 Å². The molecule has 3 rings (SSSR count). The van der Waals surface area contributed by atoms with Gasteiger partial charge in [-0.2, -0.15) is 4.39 Å². The van der Waals surface area contributed by atoms with Gasteiger partial charge in [0.2, 0.25) is 11.8 Å². The molecule has 1 N–H and O–H groups in total. The second kappa shape index (κ2) is 9.13. The number of aromatic nitrogens is 2. The highest BCUT2D eigenvalue weighted by atomic mass is 19.1. The zero-order valence-corrected chi connectivity index (χ0v) is 16.7. The number of ether oxygens (including phenoxy) is 1. The molecule has 6 heteroatoms. The normalized spacial score (nSPS) is 20.4. The van der Waals surface area contributed by atoms with E-state index in [0.717, 1.165) is 37.7 Å². The molecule has 5 nitrogen and oxygen atoms in total. The number of amides is 1. The first-order valence-corrected chi connectivity index (χ1v) is 9.95. The van der Waals surface area contributed by atoms with E-state index in [2.05, 4.69) is 22.2 Å². The zero-order chi connectivity index (χ0) is 20.1. The van der Waals surface area contributed by atoms with E-state index in [-0.39, 0.29) is 17.9 Å². The van der Waals surface area contributed by atoms with E-state index in [0.29, 0.717) is 28.8 Å². The maximum absolute atomic E-state index is 13.8. The van der Waals surface area contributed by atoms with Crippen LogP contribution in [-0.4, -0.2) is 29.0 Å². The molecule has 2 aromatic rings. The van der Waals surface area contributed by atoms with Crippen LogP contribution in [0, 0.1) is 18.8 Å². The molecule has 1 saturated carbocycles. The third-order valence-corrected chi connectivity index (χ3v) is 5.93. The van der Waals surface area contributed by atoms with Gasteiger partial charge in [0.05, 0.1) is 12.7 Å². The molecule has 1 atom stereocenters. The molecule has 2 aromatic heterocycles. The number of nitrogens with one attached hydrogen (secondary N) is 1. The van der Waals surface area contributed by atoms with Gasteiger partial charge in [-0.1, -0.05) is 6.92 Å². The molecule has 0 bridgehead atoms. The highest BCUT2D eigenvalue weighted by molar-refractivity contribution is 5.94. The third kappa shape index (κ3) is 4.49. The summed E-state index contributed by atoms with van der Waals surface area (Å²) in [5, 5.41) is 3.18. The summed E-state index contributed by atoms with van der Waals surface area (Å²) >= 11 is 0. The van der Waals surface area contributed by atoms with E-state index in [4.69, 9.17) is 4.74 Å². The Kier molecular flexibility index (Phi) is 6.60. The van der Waals surface area contributed by atoms with Crippen molar-refractivity contribution in [2.75, 3.05) is 7.11 Å². The van der Waals surface area contributed by atoms with Crippen molar-refractivity contribution >= 4 is 5.91 Å². The molecule has 0 spiro atoms. The van der Waals surface area contributed by atoms with Crippen LogP contribution in [0.5, 0.6) is 5.88 Å². The summed E-state index contributed by atoms with van der Waals surface area (Å²) in [5.41, 5.74) is 2.28. The first-order chi connectivity index (χ1) is 13.5. The second-order valence-corrected chi connectivity index (χ2v) is 7.51. The molecule has 2 heterocycles. The fourth-order valence-electron chi connectivity index (χ4n) is 4.24. The fourth-order valence-corrected chi connectivity index (χ4v) is 4.24. The Labute approximate surface area is 165 Å². The molecule has 0 unspecified atom stereocenters. The SMILES string of the molecule is CC[C@H](NC(=O)c1ccc(OC)nc1)[C@H]1CC[C@@H](c2ccnc(F)c2C)CC1. The first kappa shape index (κ1) is 20.2. The van der Waals surface area contributed by atoms with Crippen molar-refractivity contribution in [3.8, 4) is 5.88 Å². The van der Waals surface area contributed by atoms with E-state index in [1.165, 1.54) is 0 Å². The standard InChI is InChI=1S/C22H28FN3O2/c1-4-19(26-22(27)17-9-10-20(28-3)25-13-17)16-7-5-15(6-8-16)18-11-12-24-21(23)14(18)2/h9-13,15-16,19H,4-8H2,1-3H3,(H,26,27)/t15-,16+,19-/m0/s1. The number of hydrogen-bond acceptors (Lipinski definition) is 4. The molecule has 1 amide bonds. The lowest BCUT2D eigenvalue weighted by Crippen LogP contribution is -2.41. The number of pyridine rings is 2. The molecule has 1 aliphatic rings. The molecule has 0 saturated heterocycles. The summed E-state index contributed by atoms with van der Waals surface area (Å²) in [4.78, 5) is 20.4. The number of rotatable bonds is 6. The third-order valence-electron chi connectivity index (χ3n) is 5.93. The number of methoxy groups -OCH3 is 1. The smallest absolute Gasteiger partial charge is 0.253 e. The van der Waals surface area contributed by atoms with Crippen LogP contribution in [0.3, 0.4) is 0 Å². The molecule has 28 heavy (non-hydrogen) atoms. The first-order valence-electron chi connectivity index (χ1n) is 9.95. The Morgan fingerprint density at radius 3 is 2.61 bits per heavy atom. The van der Waals surface area contributed by atoms with Gasteiger partial charge in [-0.05, 0) is 68.6 Å². The summed E-state index contributed by atoms with van der Waals surface area (Å²) in [7, 11) is 1.55. The average molecular weight is 385 g/mol. The lowest BCUT2D eigenvalue weighted by molar-refractivity contribution is 0.0909. The molecule has 1 fully saturated rings. The monoisotopic (exact) mass is 385 g/mol. The summed E-state index contributed by atoms with van der Waals surface area (Å²) in [6.45, 7) is 3.91. The fraction of sp³-hybridized carbons (Fsp3) is 0.500. The summed E-state index contributed by atoms with van der Waals surface area (Å²) in [6.07, 6.45) is 8.03. The van der Waals surface area contributed by atoms with Gasteiger partial charge < -0.3 is 10.1 Å². The predicted molar refractivity (Wildman–Crippen MR) is 106 cm³/mol. The van der Waals surface area contributed by atoms with Crippen molar-refractivity contribution in [3.63, 3.8) is 0 Å². The molecule has 0 aliphatic heterocycles. The zero-order valence-electron chi connectivity index (χ0n) is 16.7. The van der Waals surface area contributed by atoms with Crippen LogP contribution >= 0.6 is 0 Å². The van der Waals surface area contributed by atoms with Gasteiger partial charge >= 0.3 is 0 Å². The molecular formula is C22H28FN3O2. The molecule has 0 aromatic carbocycles. The van der Waals surface area contributed by atoms with Crippen LogP contribution < -0.4 is 10.1 Å². The van der Waals surface area contributed by atoms with Crippen LogP contribution in [0.15, 0.2) is 30.6 Å². The van der Waals surface area contributed by atoms with Crippen LogP contribution in [0.4, 0.5) is 4.39 Å². The predicted octanol–water partition coefficient (Wildman–Crippen LogP) is 4.42. The van der Waals surface area contributed by atoms with Crippen molar-refractivity contribution in [1.29, 1.82) is 0 Å². The van der Waals surface area contributed by atoms with Gasteiger partial charge in [0.25, 0.3) is 5.91 Å². The summed E-state index contributed by atoms with van der Waals surface area (Å²) in [5.74, 6) is 0.823. The van der Waals surface area contributed by atoms with E-state index in [9.17, 15) is 9.18 Å². The second-order valence-electron chi connectivity index (χ2n) is 7.51. The lowest BCUT2D eigenvalue weighted by atomic mass is 9.75. The van der Waals surface area contributed by atoms with E-state index in [1.54, 1.807) is 31.6 Å². The van der Waals surface area contributed by atoms with Crippen molar-refractivity contribution in [2.45, 2.75) is 57.9 Å². The highest BCUT2D eigenvalue weighted by Gasteiger charge is 2.29. The molecule has 1 aliphatic carbocycles. The van der Waals surface area contributed by atoms with E-state index >= 15 is 0 Å². The largest absolute Gasteiger partial charge is 0.481 e. The Morgan fingerprint density at radius 1 is 1.25 bits per heavy atom. The van der Waals surface area contributed by atoms with Gasteiger partial charge in [-0.3, -0.25) is 4.79 Å². The van der Waals surface area contributed by atoms with Crippen LogP contribution in [0.2, 0.25) is 0 Å². The molecule has 0 radical (unpaired) electrons. The van der Waals surface area contributed by atoms with Gasteiger partial charge in [0.1, 0.15) is 0 Å². The minimum atomic E-state index is -0.369. The summed E-state index contributed by atoms with van der Waals surface area (Å²) < 4.78 is 18.8. The maximum atomic E-state index is 13.8. The average Bonchev–Trinajstić information content (AvgIpc) is 2.74. The van der Waals surface area contributed by atoms with Crippen molar-refractivity contribution in [1.82, 2.24) is 15.3 Å². The van der Waals surface area contributed by atoms with Gasteiger partial charge in [-0.15, -0.1) is 0 Å². The maximum Gasteiger partial charge on any atom is 0.253 e. The Bertz CT molecular complexity index is 802. The van der Waals surface area contributed by atoms with Crippen LogP contribution in [0.1, 0.15) is 66.4 Å². The number of carbonyl (C=O) groups excluding carboxylic acids is 1. The molecular weight excluding hydrogens is 357 g/mol. The van der Waals surface area contributed by atoms with Gasteiger partial charge in [0, 0.05) is 30.1 Å². The van der Waals surface area contributed by atoms with E-state index < -0.39 is 0 Å². The minimum absolute atomic E-state index is 0.101. The topological polar surface area (TPSA) is 64.1 Å². The number of carbonyl (C=O) groups is 1. The Balaban J connectivity index is 1.60. The van der Waals surface area contributed by atoms with Crippen molar-refractivity contribution in [2.24, 2.45) is 5.92 Å². The Morgan fingerprint density at radius 2 is 2.00 bits per heavy atom. The quantitative estimate of drug-likeness (QED) is 0.748. The van der Waals surface area contributed by atoms with Crippen molar-refractivity contribution in [3.05, 3.63) is 53.2 Å². The lowest BCUT2D eigenvalue weighted by Gasteiger charge is -2.34. The van der Waals surface area contributed by atoms with Crippen LogP contribution in [-0.2, 0) is 0 Å². The van der Waals surface area contributed by atoms with Crippen molar-refractivity contribution < 1.29 is 13.9 Å². The number of halogens is 1.